The summed E-state index contributed by atoms with van der Waals surface area (Å²) in [7, 11) is 6.07. The molecule has 1 aromatic rings. The van der Waals surface area contributed by atoms with Crippen LogP contribution in [0.3, 0.4) is 0 Å². The van der Waals surface area contributed by atoms with Crippen molar-refractivity contribution in [1.82, 2.24) is 15.5 Å². The number of thiophene rings is 1. The third-order valence-corrected chi connectivity index (χ3v) is 4.87. The zero-order chi connectivity index (χ0) is 15.7. The molecule has 2 N–H and O–H groups in total. The molecule has 0 radical (unpaired) electrons. The number of hydrogen-bond donors (Lipinski definition) is 2. The van der Waals surface area contributed by atoms with Crippen LogP contribution in [0.1, 0.15) is 37.6 Å². The molecule has 0 spiro atoms. The average Bonchev–Trinajstić information content (AvgIpc) is 2.99. The van der Waals surface area contributed by atoms with Gasteiger partial charge in [0.25, 0.3) is 0 Å². The van der Waals surface area contributed by atoms with Crippen LogP contribution in [-0.4, -0.2) is 45.1 Å². The minimum absolute atomic E-state index is 0.372. The van der Waals surface area contributed by atoms with E-state index in [-0.39, 0.29) is 0 Å². The predicted octanol–water partition coefficient (Wildman–Crippen LogP) is 2.95. The minimum atomic E-state index is 0.372. The van der Waals surface area contributed by atoms with Gasteiger partial charge in [-0.3, -0.25) is 4.99 Å². The predicted molar refractivity (Wildman–Crippen MR) is 94.2 cm³/mol. The lowest BCUT2D eigenvalue weighted by Crippen LogP contribution is -2.43. The second-order valence-electron chi connectivity index (χ2n) is 5.51. The van der Waals surface area contributed by atoms with Gasteiger partial charge in [0.1, 0.15) is 0 Å². The van der Waals surface area contributed by atoms with Crippen LogP contribution in [0.2, 0.25) is 0 Å². The lowest BCUT2D eigenvalue weighted by atomic mass is 10.0. The summed E-state index contributed by atoms with van der Waals surface area (Å²) in [6, 6.07) is 4.67. The maximum Gasteiger partial charge on any atom is 0.191 e. The molecule has 4 nitrogen and oxygen atoms in total. The first-order chi connectivity index (χ1) is 10.1. The molecule has 1 rings (SSSR count). The summed E-state index contributed by atoms with van der Waals surface area (Å²) in [5.74, 6) is 1.61. The highest BCUT2D eigenvalue weighted by molar-refractivity contribution is 7.10. The Hall–Kier alpha value is -1.07. The number of hydrogen-bond acceptors (Lipinski definition) is 3. The first kappa shape index (κ1) is 18.0. The Morgan fingerprint density at radius 1 is 1.24 bits per heavy atom. The molecule has 0 aliphatic rings. The molecule has 0 aliphatic heterocycles. The smallest absolute Gasteiger partial charge is 0.191 e. The molecule has 21 heavy (non-hydrogen) atoms. The Morgan fingerprint density at radius 3 is 2.38 bits per heavy atom. The van der Waals surface area contributed by atoms with E-state index in [1.165, 1.54) is 17.7 Å². The van der Waals surface area contributed by atoms with Crippen molar-refractivity contribution in [3.05, 3.63) is 22.4 Å². The van der Waals surface area contributed by atoms with Gasteiger partial charge in [0, 0.05) is 25.0 Å². The molecule has 1 heterocycles. The van der Waals surface area contributed by atoms with E-state index in [0.717, 1.165) is 19.0 Å². The van der Waals surface area contributed by atoms with Gasteiger partial charge < -0.3 is 15.5 Å². The van der Waals surface area contributed by atoms with Crippen LogP contribution >= 0.6 is 11.3 Å². The summed E-state index contributed by atoms with van der Waals surface area (Å²) in [5.41, 5.74) is 0. The van der Waals surface area contributed by atoms with Gasteiger partial charge in [-0.2, -0.15) is 0 Å². The van der Waals surface area contributed by atoms with Crippen LogP contribution in [0.15, 0.2) is 22.5 Å². The van der Waals surface area contributed by atoms with Crippen molar-refractivity contribution in [1.29, 1.82) is 0 Å². The van der Waals surface area contributed by atoms with Crippen molar-refractivity contribution in [3.8, 4) is 0 Å². The van der Waals surface area contributed by atoms with Gasteiger partial charge in [-0.25, -0.2) is 0 Å². The van der Waals surface area contributed by atoms with Crippen molar-refractivity contribution in [3.63, 3.8) is 0 Å². The fourth-order valence-corrected chi connectivity index (χ4v) is 3.17. The van der Waals surface area contributed by atoms with E-state index in [2.05, 4.69) is 66.0 Å². The Labute approximate surface area is 133 Å². The largest absolute Gasteiger partial charge is 0.356 e. The number of aliphatic imine (C=N–C) groups is 1. The second kappa shape index (κ2) is 9.79. The fourth-order valence-electron chi connectivity index (χ4n) is 2.25. The van der Waals surface area contributed by atoms with Gasteiger partial charge in [-0.1, -0.05) is 32.8 Å². The van der Waals surface area contributed by atoms with E-state index in [0.29, 0.717) is 12.0 Å². The number of nitrogens with one attached hydrogen (secondary N) is 2. The van der Waals surface area contributed by atoms with E-state index in [1.807, 2.05) is 7.05 Å². The molecule has 1 atom stereocenters. The van der Waals surface area contributed by atoms with E-state index < -0.39 is 0 Å². The highest BCUT2D eigenvalue weighted by Gasteiger charge is 2.15. The molecule has 0 amide bonds. The molecule has 0 fully saturated rings. The standard InChI is InChI=1S/C16H30N4S/c1-6-13(7-2)11-18-16(17-3)19-12-14(20(4)5)15-9-8-10-21-15/h8-10,13-14H,6-7,11-12H2,1-5H3,(H2,17,18,19). The molecule has 120 valence electrons. The number of guanidine groups is 1. The summed E-state index contributed by atoms with van der Waals surface area (Å²) in [4.78, 5) is 7.94. The number of likely N-dealkylation sites (N-methyl/N-ethyl adjacent to an activating group) is 1. The van der Waals surface area contributed by atoms with Crippen molar-refractivity contribution < 1.29 is 0 Å². The third-order valence-electron chi connectivity index (χ3n) is 3.89. The Balaban J connectivity index is 2.49. The lowest BCUT2D eigenvalue weighted by Gasteiger charge is -2.25. The zero-order valence-electron chi connectivity index (χ0n) is 14.0. The van der Waals surface area contributed by atoms with Crippen LogP contribution in [0, 0.1) is 5.92 Å². The molecule has 1 unspecified atom stereocenters. The molecule has 5 heteroatoms. The highest BCUT2D eigenvalue weighted by Crippen LogP contribution is 2.22. The van der Waals surface area contributed by atoms with Crippen LogP contribution in [-0.2, 0) is 0 Å². The second-order valence-corrected chi connectivity index (χ2v) is 6.49. The van der Waals surface area contributed by atoms with Crippen LogP contribution in [0.4, 0.5) is 0 Å². The average molecular weight is 311 g/mol. The molecular weight excluding hydrogens is 280 g/mol. The first-order valence-electron chi connectivity index (χ1n) is 7.76. The Bertz CT molecular complexity index is 396. The Morgan fingerprint density at radius 2 is 1.90 bits per heavy atom. The van der Waals surface area contributed by atoms with Crippen LogP contribution in [0.25, 0.3) is 0 Å². The van der Waals surface area contributed by atoms with Gasteiger partial charge in [0.2, 0.25) is 0 Å². The van der Waals surface area contributed by atoms with E-state index >= 15 is 0 Å². The van der Waals surface area contributed by atoms with Gasteiger partial charge in [0.15, 0.2) is 5.96 Å². The number of nitrogens with zero attached hydrogens (tertiary/aromatic N) is 2. The van der Waals surface area contributed by atoms with Crippen molar-refractivity contribution >= 4 is 17.3 Å². The summed E-state index contributed by atoms with van der Waals surface area (Å²) in [6.07, 6.45) is 2.41. The van der Waals surface area contributed by atoms with Crippen LogP contribution < -0.4 is 10.6 Å². The lowest BCUT2D eigenvalue weighted by molar-refractivity contribution is 0.302. The van der Waals surface area contributed by atoms with E-state index in [1.54, 1.807) is 11.3 Å². The molecule has 0 saturated heterocycles. The van der Waals surface area contributed by atoms with E-state index in [4.69, 9.17) is 0 Å². The molecule has 1 aromatic heterocycles. The van der Waals surface area contributed by atoms with Crippen molar-refractivity contribution in [2.24, 2.45) is 10.9 Å². The number of rotatable bonds is 8. The zero-order valence-corrected chi connectivity index (χ0v) is 14.8. The summed E-state index contributed by atoms with van der Waals surface area (Å²) >= 11 is 1.80. The first-order valence-corrected chi connectivity index (χ1v) is 8.64. The Kier molecular flexibility index (Phi) is 8.38. The molecule has 0 aromatic carbocycles. The SMILES string of the molecule is CCC(CC)CNC(=NC)NCC(c1cccs1)N(C)C. The maximum absolute atomic E-state index is 4.32. The normalized spacial score (nSPS) is 13.8. The maximum atomic E-state index is 4.32. The van der Waals surface area contributed by atoms with Gasteiger partial charge in [-0.05, 0) is 31.5 Å². The minimum Gasteiger partial charge on any atom is -0.356 e. The van der Waals surface area contributed by atoms with Crippen molar-refractivity contribution in [2.45, 2.75) is 32.7 Å². The van der Waals surface area contributed by atoms with E-state index in [9.17, 15) is 0 Å². The van der Waals surface area contributed by atoms with Crippen LogP contribution in [0.5, 0.6) is 0 Å². The summed E-state index contributed by atoms with van der Waals surface area (Å²) < 4.78 is 0. The summed E-state index contributed by atoms with van der Waals surface area (Å²) in [6.45, 7) is 6.32. The summed E-state index contributed by atoms with van der Waals surface area (Å²) in [5, 5.41) is 9.01. The van der Waals surface area contributed by atoms with Crippen molar-refractivity contribution in [2.75, 3.05) is 34.2 Å². The fraction of sp³-hybridized carbons (Fsp3) is 0.688. The molecule has 0 bridgehead atoms. The van der Waals surface area contributed by atoms with Gasteiger partial charge in [-0.15, -0.1) is 11.3 Å². The third kappa shape index (κ3) is 6.06. The monoisotopic (exact) mass is 310 g/mol. The van der Waals surface area contributed by atoms with Gasteiger partial charge in [0.05, 0.1) is 6.04 Å². The molecule has 0 saturated carbocycles. The highest BCUT2D eigenvalue weighted by atomic mass is 32.1. The topological polar surface area (TPSA) is 39.7 Å². The molecular formula is C16H30N4S. The molecule has 0 aliphatic carbocycles. The quantitative estimate of drug-likeness (QED) is 0.573. The van der Waals surface area contributed by atoms with Gasteiger partial charge >= 0.3 is 0 Å².